The molecule has 2 aromatic rings. The molecule has 0 aliphatic carbocycles. The van der Waals surface area contributed by atoms with E-state index in [0.29, 0.717) is 23.2 Å². The van der Waals surface area contributed by atoms with Crippen LogP contribution in [0.1, 0.15) is 17.3 Å². The smallest absolute Gasteiger partial charge is 0.340 e. The molecule has 0 amide bonds. The minimum Gasteiger partial charge on any atom is -0.462 e. The Hall–Kier alpha value is -1.91. The van der Waals surface area contributed by atoms with Crippen LogP contribution in [-0.4, -0.2) is 27.6 Å². The van der Waals surface area contributed by atoms with Gasteiger partial charge in [0.05, 0.1) is 12.2 Å². The largest absolute Gasteiger partial charge is 0.462 e. The first-order valence-electron chi connectivity index (χ1n) is 4.69. The zero-order chi connectivity index (χ0) is 10.8. The molecule has 1 heterocycles. The predicted molar refractivity (Wildman–Crippen MR) is 54.5 cm³/mol. The molecular weight excluding hydrogens is 194 g/mol. The van der Waals surface area contributed by atoms with Crippen molar-refractivity contribution in [2.45, 2.75) is 6.92 Å². The summed E-state index contributed by atoms with van der Waals surface area (Å²) in [5, 5.41) is 8.24. The fraction of sp³-hybridized carbons (Fsp3) is 0.300. The van der Waals surface area contributed by atoms with Crippen LogP contribution in [-0.2, 0) is 11.8 Å². The lowest BCUT2D eigenvalue weighted by molar-refractivity contribution is 0.0528. The van der Waals surface area contributed by atoms with Crippen molar-refractivity contribution >= 4 is 17.0 Å². The number of hydrogen-bond acceptors (Lipinski definition) is 4. The molecule has 0 unspecified atom stereocenters. The normalized spacial score (nSPS) is 10.5. The molecule has 15 heavy (non-hydrogen) atoms. The van der Waals surface area contributed by atoms with Crippen molar-refractivity contribution in [3.63, 3.8) is 0 Å². The zero-order valence-corrected chi connectivity index (χ0v) is 8.60. The summed E-state index contributed by atoms with van der Waals surface area (Å²) in [6.45, 7) is 2.13. The number of hydrogen-bond donors (Lipinski definition) is 0. The second kappa shape index (κ2) is 3.68. The van der Waals surface area contributed by atoms with Gasteiger partial charge in [0.2, 0.25) is 0 Å². The van der Waals surface area contributed by atoms with Crippen LogP contribution in [0.3, 0.4) is 0 Å². The van der Waals surface area contributed by atoms with E-state index in [9.17, 15) is 4.79 Å². The molecule has 1 aromatic carbocycles. The maximum Gasteiger partial charge on any atom is 0.340 e. The van der Waals surface area contributed by atoms with E-state index in [1.807, 2.05) is 6.07 Å². The van der Waals surface area contributed by atoms with Crippen molar-refractivity contribution < 1.29 is 9.53 Å². The quantitative estimate of drug-likeness (QED) is 0.690. The molecule has 0 saturated heterocycles. The Morgan fingerprint density at radius 1 is 1.47 bits per heavy atom. The molecule has 0 N–H and O–H groups in total. The minimum atomic E-state index is -0.358. The van der Waals surface area contributed by atoms with E-state index in [1.165, 1.54) is 4.80 Å². The first kappa shape index (κ1) is 9.64. The van der Waals surface area contributed by atoms with Gasteiger partial charge in [-0.1, -0.05) is 6.07 Å². The molecule has 0 fully saturated rings. The Morgan fingerprint density at radius 3 is 3.00 bits per heavy atom. The number of aryl methyl sites for hydroxylation is 1. The van der Waals surface area contributed by atoms with E-state index in [1.54, 1.807) is 26.1 Å². The van der Waals surface area contributed by atoms with Gasteiger partial charge in [0.1, 0.15) is 11.0 Å². The van der Waals surface area contributed by atoms with E-state index in [2.05, 4.69) is 10.2 Å². The second-order valence-corrected chi connectivity index (χ2v) is 3.08. The first-order chi connectivity index (χ1) is 7.22. The standard InChI is InChI=1S/C10H11N3O2/c1-3-15-10(14)7-5-4-6-8-9(7)12-13(2)11-8/h4-6H,3H2,1-2H3. The lowest BCUT2D eigenvalue weighted by Crippen LogP contribution is -2.05. The topological polar surface area (TPSA) is 57.0 Å². The predicted octanol–water partition coefficient (Wildman–Crippen LogP) is 1.14. The van der Waals surface area contributed by atoms with Crippen molar-refractivity contribution in [1.82, 2.24) is 15.0 Å². The molecule has 1 aromatic heterocycles. The van der Waals surface area contributed by atoms with E-state index < -0.39 is 0 Å². The SMILES string of the molecule is CCOC(=O)c1cccc2nn(C)nc12. The summed E-state index contributed by atoms with van der Waals surface area (Å²) < 4.78 is 4.93. The van der Waals surface area contributed by atoms with Crippen molar-refractivity contribution in [1.29, 1.82) is 0 Å². The van der Waals surface area contributed by atoms with Crippen LogP contribution in [0.25, 0.3) is 11.0 Å². The third-order valence-corrected chi connectivity index (χ3v) is 2.01. The van der Waals surface area contributed by atoms with Crippen LogP contribution in [0, 0.1) is 0 Å². The van der Waals surface area contributed by atoms with Gasteiger partial charge in [-0.05, 0) is 19.1 Å². The summed E-state index contributed by atoms with van der Waals surface area (Å²) in [6.07, 6.45) is 0. The fourth-order valence-electron chi connectivity index (χ4n) is 1.41. The van der Waals surface area contributed by atoms with Gasteiger partial charge in [-0.2, -0.15) is 15.0 Å². The molecular formula is C10H11N3O2. The van der Waals surface area contributed by atoms with Gasteiger partial charge in [-0.25, -0.2) is 4.79 Å². The lowest BCUT2D eigenvalue weighted by atomic mass is 10.2. The lowest BCUT2D eigenvalue weighted by Gasteiger charge is -2.00. The molecule has 5 nitrogen and oxygen atoms in total. The van der Waals surface area contributed by atoms with E-state index in [-0.39, 0.29) is 5.97 Å². The highest BCUT2D eigenvalue weighted by Crippen LogP contribution is 2.15. The first-order valence-corrected chi connectivity index (χ1v) is 4.69. The molecule has 0 atom stereocenters. The van der Waals surface area contributed by atoms with Gasteiger partial charge < -0.3 is 4.74 Å². The summed E-state index contributed by atoms with van der Waals surface area (Å²) in [7, 11) is 1.72. The van der Waals surface area contributed by atoms with Crippen molar-refractivity contribution in [2.75, 3.05) is 6.61 Å². The van der Waals surface area contributed by atoms with Crippen LogP contribution < -0.4 is 0 Å². The highest BCUT2D eigenvalue weighted by molar-refractivity contribution is 6.01. The molecule has 2 rings (SSSR count). The van der Waals surface area contributed by atoms with Gasteiger partial charge in [0.15, 0.2) is 0 Å². The Morgan fingerprint density at radius 2 is 2.27 bits per heavy atom. The second-order valence-electron chi connectivity index (χ2n) is 3.08. The monoisotopic (exact) mass is 205 g/mol. The summed E-state index contributed by atoms with van der Waals surface area (Å²) in [5.74, 6) is -0.358. The van der Waals surface area contributed by atoms with Crippen LogP contribution in [0.5, 0.6) is 0 Å². The third kappa shape index (κ3) is 1.68. The molecule has 0 spiro atoms. The minimum absolute atomic E-state index is 0.357. The van der Waals surface area contributed by atoms with Crippen molar-refractivity contribution in [3.05, 3.63) is 23.8 Å². The number of rotatable bonds is 2. The number of carbonyl (C=O) groups is 1. The Labute approximate surface area is 86.6 Å². The maximum absolute atomic E-state index is 11.6. The van der Waals surface area contributed by atoms with Gasteiger partial charge in [0, 0.05) is 7.05 Å². The van der Waals surface area contributed by atoms with E-state index >= 15 is 0 Å². The fourth-order valence-corrected chi connectivity index (χ4v) is 1.41. The highest BCUT2D eigenvalue weighted by Gasteiger charge is 2.13. The Balaban J connectivity index is 2.55. The molecule has 0 radical (unpaired) electrons. The Bertz CT molecular complexity index is 504. The summed E-state index contributed by atoms with van der Waals surface area (Å²) >= 11 is 0. The van der Waals surface area contributed by atoms with Gasteiger partial charge in [-0.3, -0.25) is 0 Å². The summed E-state index contributed by atoms with van der Waals surface area (Å²) in [4.78, 5) is 13.0. The maximum atomic E-state index is 11.6. The summed E-state index contributed by atoms with van der Waals surface area (Å²) in [5.41, 5.74) is 1.74. The van der Waals surface area contributed by atoms with Crippen molar-refractivity contribution in [3.8, 4) is 0 Å². The molecule has 0 saturated carbocycles. The van der Waals surface area contributed by atoms with Gasteiger partial charge in [0.25, 0.3) is 0 Å². The molecule has 0 aliphatic rings. The third-order valence-electron chi connectivity index (χ3n) is 2.01. The van der Waals surface area contributed by atoms with E-state index in [4.69, 9.17) is 4.74 Å². The number of aromatic nitrogens is 3. The van der Waals surface area contributed by atoms with Crippen LogP contribution in [0.15, 0.2) is 18.2 Å². The number of carbonyl (C=O) groups excluding carboxylic acids is 1. The summed E-state index contributed by atoms with van der Waals surface area (Å²) in [6, 6.07) is 5.27. The zero-order valence-electron chi connectivity index (χ0n) is 8.60. The van der Waals surface area contributed by atoms with Gasteiger partial charge in [-0.15, -0.1) is 0 Å². The van der Waals surface area contributed by atoms with Crippen LogP contribution >= 0.6 is 0 Å². The Kier molecular flexibility index (Phi) is 2.37. The van der Waals surface area contributed by atoms with E-state index in [0.717, 1.165) is 0 Å². The molecule has 0 bridgehead atoms. The highest BCUT2D eigenvalue weighted by atomic mass is 16.5. The number of esters is 1. The molecule has 78 valence electrons. The van der Waals surface area contributed by atoms with Crippen LogP contribution in [0.2, 0.25) is 0 Å². The number of ether oxygens (including phenoxy) is 1. The van der Waals surface area contributed by atoms with Crippen molar-refractivity contribution in [2.24, 2.45) is 7.05 Å². The van der Waals surface area contributed by atoms with Crippen LogP contribution in [0.4, 0.5) is 0 Å². The molecule has 0 aliphatic heterocycles. The number of nitrogens with zero attached hydrogens (tertiary/aromatic N) is 3. The van der Waals surface area contributed by atoms with Gasteiger partial charge >= 0.3 is 5.97 Å². The molecule has 5 heteroatoms. The number of benzene rings is 1. The average Bonchev–Trinajstić information content (AvgIpc) is 2.57. The number of fused-ring (bicyclic) bond motifs is 1. The average molecular weight is 205 g/mol.